The lowest BCUT2D eigenvalue weighted by Crippen LogP contribution is -2.48. The van der Waals surface area contributed by atoms with Gasteiger partial charge >= 0.3 is 6.09 Å². The van der Waals surface area contributed by atoms with E-state index in [1.807, 2.05) is 20.8 Å². The summed E-state index contributed by atoms with van der Waals surface area (Å²) in [5.74, 6) is 5.05. The van der Waals surface area contributed by atoms with Gasteiger partial charge < -0.3 is 10.0 Å². The van der Waals surface area contributed by atoms with Crippen LogP contribution in [0.15, 0.2) is 0 Å². The lowest BCUT2D eigenvalue weighted by molar-refractivity contribution is 0.101. The summed E-state index contributed by atoms with van der Waals surface area (Å²) in [4.78, 5) is 12.0. The van der Waals surface area contributed by atoms with Crippen molar-refractivity contribution in [3.8, 4) is 0 Å². The molecule has 5 nitrogen and oxygen atoms in total. The van der Waals surface area contributed by atoms with Crippen LogP contribution in [0, 0.1) is 0 Å². The number of nitrogens with two attached hydrogens (primary N) is 1. The van der Waals surface area contributed by atoms with Gasteiger partial charge in [-0.25, -0.2) is 4.79 Å². The Morgan fingerprint density at radius 2 is 2.08 bits per heavy atom. The predicted octanol–water partition coefficient (Wildman–Crippen LogP) is 0.228. The van der Waals surface area contributed by atoms with E-state index in [4.69, 9.17) is 10.9 Å². The van der Waals surface area contributed by atoms with Gasteiger partial charge in [0.2, 0.25) is 0 Å². The Morgan fingerprint density at radius 1 is 1.58 bits per heavy atom. The summed E-state index contributed by atoms with van der Waals surface area (Å²) < 4.78 is 0. The number of nitrogens with one attached hydrogen (secondary N) is 1. The molecule has 1 amide bonds. The average Bonchev–Trinajstić information content (AvgIpc) is 1.84. The lowest BCUT2D eigenvalue weighted by atomic mass is 10.1. The highest BCUT2D eigenvalue weighted by Crippen LogP contribution is 2.11. The summed E-state index contributed by atoms with van der Waals surface area (Å²) in [5.41, 5.74) is 2.05. The molecule has 0 aliphatic carbocycles. The fourth-order valence-electron chi connectivity index (χ4n) is 0.894. The second-order valence-electron chi connectivity index (χ2n) is 3.56. The molecular formula is C7H17N3O2. The maximum absolute atomic E-state index is 10.7. The third-order valence-electron chi connectivity index (χ3n) is 1.52. The van der Waals surface area contributed by atoms with Crippen LogP contribution in [0.1, 0.15) is 20.8 Å². The summed E-state index contributed by atoms with van der Waals surface area (Å²) in [6.45, 7) is 6.39. The highest BCUT2D eigenvalue weighted by atomic mass is 16.4. The Bertz CT molecular complexity index is 153. The van der Waals surface area contributed by atoms with Crippen molar-refractivity contribution in [3.63, 3.8) is 0 Å². The molecule has 0 spiro atoms. The van der Waals surface area contributed by atoms with Crippen LogP contribution in [0.3, 0.4) is 0 Å². The van der Waals surface area contributed by atoms with Gasteiger partial charge in [-0.3, -0.25) is 11.3 Å². The van der Waals surface area contributed by atoms with Crippen LogP contribution in [0.25, 0.3) is 0 Å². The second kappa shape index (κ2) is 4.27. The Kier molecular flexibility index (Phi) is 3.99. The number of rotatable bonds is 3. The van der Waals surface area contributed by atoms with E-state index in [1.54, 1.807) is 0 Å². The van der Waals surface area contributed by atoms with E-state index in [2.05, 4.69) is 5.43 Å². The molecule has 0 saturated carbocycles. The first-order chi connectivity index (χ1) is 5.39. The van der Waals surface area contributed by atoms with Gasteiger partial charge in [0.25, 0.3) is 0 Å². The number of carboxylic acid groups (broad SMARTS) is 1. The molecule has 0 aliphatic rings. The largest absolute Gasteiger partial charge is 0.465 e. The Balaban J connectivity index is 4.15. The molecular weight excluding hydrogens is 158 g/mol. The van der Waals surface area contributed by atoms with Crippen LogP contribution in [-0.4, -0.2) is 34.7 Å². The monoisotopic (exact) mass is 175 g/mol. The van der Waals surface area contributed by atoms with E-state index in [-0.39, 0.29) is 5.54 Å². The summed E-state index contributed by atoms with van der Waals surface area (Å²) >= 11 is 0. The third-order valence-corrected chi connectivity index (χ3v) is 1.52. The molecule has 0 bridgehead atoms. The zero-order valence-corrected chi connectivity index (χ0v) is 7.79. The van der Waals surface area contributed by atoms with E-state index in [0.717, 1.165) is 0 Å². The zero-order valence-electron chi connectivity index (χ0n) is 7.79. The molecule has 0 fully saturated rings. The SMILES string of the molecule is CC(C)(C)N(CCNN)C(=O)O. The molecule has 0 saturated heterocycles. The number of hydrogen-bond acceptors (Lipinski definition) is 3. The van der Waals surface area contributed by atoms with Gasteiger partial charge in [-0.15, -0.1) is 0 Å². The molecule has 0 atom stereocenters. The van der Waals surface area contributed by atoms with Gasteiger partial charge in [0.05, 0.1) is 0 Å². The molecule has 0 aromatic heterocycles. The summed E-state index contributed by atoms with van der Waals surface area (Å²) in [5, 5.41) is 8.79. The number of nitrogens with zero attached hydrogens (tertiary/aromatic N) is 1. The molecule has 0 heterocycles. The van der Waals surface area contributed by atoms with Crippen molar-refractivity contribution in [2.45, 2.75) is 26.3 Å². The van der Waals surface area contributed by atoms with Crippen LogP contribution in [0.4, 0.5) is 4.79 Å². The smallest absolute Gasteiger partial charge is 0.407 e. The van der Waals surface area contributed by atoms with E-state index in [0.29, 0.717) is 13.1 Å². The first-order valence-corrected chi connectivity index (χ1v) is 3.83. The second-order valence-corrected chi connectivity index (χ2v) is 3.56. The predicted molar refractivity (Wildman–Crippen MR) is 46.7 cm³/mol. The van der Waals surface area contributed by atoms with E-state index in [1.165, 1.54) is 4.90 Å². The molecule has 0 aromatic carbocycles. The first kappa shape index (κ1) is 11.2. The van der Waals surface area contributed by atoms with Crippen LogP contribution < -0.4 is 11.3 Å². The molecule has 4 N–H and O–H groups in total. The number of amides is 1. The van der Waals surface area contributed by atoms with Crippen molar-refractivity contribution in [2.24, 2.45) is 5.84 Å². The van der Waals surface area contributed by atoms with Crippen LogP contribution >= 0.6 is 0 Å². The Labute approximate surface area is 72.5 Å². The maximum atomic E-state index is 10.7. The fourth-order valence-corrected chi connectivity index (χ4v) is 0.894. The van der Waals surface area contributed by atoms with E-state index < -0.39 is 6.09 Å². The summed E-state index contributed by atoms with van der Waals surface area (Å²) in [7, 11) is 0. The van der Waals surface area contributed by atoms with Gasteiger partial charge in [0.15, 0.2) is 0 Å². The van der Waals surface area contributed by atoms with E-state index in [9.17, 15) is 4.79 Å². The number of carbonyl (C=O) groups is 1. The average molecular weight is 175 g/mol. The van der Waals surface area contributed by atoms with Gasteiger partial charge in [0, 0.05) is 18.6 Å². The van der Waals surface area contributed by atoms with E-state index >= 15 is 0 Å². The summed E-state index contributed by atoms with van der Waals surface area (Å²) in [6.07, 6.45) is -0.919. The molecule has 0 unspecified atom stereocenters. The standard InChI is InChI=1S/C7H17N3O2/c1-7(2,3)10(6(11)12)5-4-9-8/h9H,4-5,8H2,1-3H3,(H,11,12). The third kappa shape index (κ3) is 3.54. The minimum Gasteiger partial charge on any atom is -0.465 e. The highest BCUT2D eigenvalue weighted by molar-refractivity contribution is 5.65. The normalized spacial score (nSPS) is 11.3. The first-order valence-electron chi connectivity index (χ1n) is 3.83. The van der Waals surface area contributed by atoms with Crippen molar-refractivity contribution in [3.05, 3.63) is 0 Å². The minimum absolute atomic E-state index is 0.372. The molecule has 0 radical (unpaired) electrons. The van der Waals surface area contributed by atoms with Crippen molar-refractivity contribution < 1.29 is 9.90 Å². The highest BCUT2D eigenvalue weighted by Gasteiger charge is 2.24. The minimum atomic E-state index is -0.919. The molecule has 0 rings (SSSR count). The Morgan fingerprint density at radius 3 is 2.33 bits per heavy atom. The zero-order chi connectivity index (χ0) is 9.78. The molecule has 5 heteroatoms. The quantitative estimate of drug-likeness (QED) is 0.424. The van der Waals surface area contributed by atoms with Gasteiger partial charge in [-0.2, -0.15) is 0 Å². The van der Waals surface area contributed by atoms with Gasteiger partial charge in [-0.05, 0) is 20.8 Å². The lowest BCUT2D eigenvalue weighted by Gasteiger charge is -2.32. The van der Waals surface area contributed by atoms with Crippen molar-refractivity contribution >= 4 is 6.09 Å². The number of hydrazine groups is 1. The molecule has 0 aliphatic heterocycles. The number of hydrogen-bond donors (Lipinski definition) is 3. The summed E-state index contributed by atoms with van der Waals surface area (Å²) in [6, 6.07) is 0. The van der Waals surface area contributed by atoms with Crippen LogP contribution in [0.2, 0.25) is 0 Å². The van der Waals surface area contributed by atoms with Crippen molar-refractivity contribution in [1.82, 2.24) is 10.3 Å². The van der Waals surface area contributed by atoms with Gasteiger partial charge in [-0.1, -0.05) is 0 Å². The fraction of sp³-hybridized carbons (Fsp3) is 0.857. The molecule has 72 valence electrons. The van der Waals surface area contributed by atoms with Crippen LogP contribution in [-0.2, 0) is 0 Å². The maximum Gasteiger partial charge on any atom is 0.407 e. The topological polar surface area (TPSA) is 78.6 Å². The van der Waals surface area contributed by atoms with Crippen molar-refractivity contribution in [1.29, 1.82) is 0 Å². The van der Waals surface area contributed by atoms with Crippen molar-refractivity contribution in [2.75, 3.05) is 13.1 Å². The molecule has 12 heavy (non-hydrogen) atoms. The molecule has 0 aromatic rings. The van der Waals surface area contributed by atoms with Gasteiger partial charge in [0.1, 0.15) is 0 Å². The van der Waals surface area contributed by atoms with Crippen LogP contribution in [0.5, 0.6) is 0 Å². The Hall–Kier alpha value is -0.810.